The van der Waals surface area contributed by atoms with Crippen LogP contribution >= 0.6 is 38.6 Å². The summed E-state index contributed by atoms with van der Waals surface area (Å²) in [6.07, 6.45) is 1.63. The maximum absolute atomic E-state index is 11.9. The van der Waals surface area contributed by atoms with Crippen LogP contribution < -0.4 is 0 Å². The van der Waals surface area contributed by atoms with Crippen molar-refractivity contribution in [2.24, 2.45) is 0 Å². The summed E-state index contributed by atoms with van der Waals surface area (Å²) in [7, 11) is 0. The molecule has 0 saturated carbocycles. The Hall–Kier alpha value is -0.520. The number of aromatic nitrogens is 1. The number of rotatable bonds is 2. The molecule has 0 atom stereocenters. The number of hydrogen-bond donors (Lipinski definition) is 0. The van der Waals surface area contributed by atoms with E-state index in [0.717, 1.165) is 15.0 Å². The Bertz CT molecular complexity index is 475. The van der Waals surface area contributed by atoms with Crippen LogP contribution in [-0.4, -0.2) is 10.8 Å². The van der Waals surface area contributed by atoms with Gasteiger partial charge in [-0.2, -0.15) is 11.3 Å². The van der Waals surface area contributed by atoms with E-state index in [1.54, 1.807) is 6.20 Å². The molecule has 0 aromatic carbocycles. The zero-order chi connectivity index (χ0) is 10.1. The first-order chi connectivity index (χ1) is 6.68. The zero-order valence-electron chi connectivity index (χ0n) is 7.28. The van der Waals surface area contributed by atoms with Crippen LogP contribution in [0.25, 0.3) is 0 Å². The van der Waals surface area contributed by atoms with Gasteiger partial charge in [-0.15, -0.1) is 11.3 Å². The van der Waals surface area contributed by atoms with Crippen molar-refractivity contribution in [3.05, 3.63) is 36.9 Å². The van der Waals surface area contributed by atoms with E-state index in [9.17, 15) is 4.79 Å². The topological polar surface area (TPSA) is 30.0 Å². The van der Waals surface area contributed by atoms with Crippen molar-refractivity contribution >= 4 is 44.4 Å². The standard InChI is InChI=1S/C9H6BrNOS2/c1-5-11-2-8(14-5)9(12)6-3-13-4-7(6)10/h2-4H,1H3. The van der Waals surface area contributed by atoms with Crippen LogP contribution in [0, 0.1) is 6.92 Å². The predicted octanol–water partition coefficient (Wildman–Crippen LogP) is 3.51. The van der Waals surface area contributed by atoms with E-state index < -0.39 is 0 Å². The van der Waals surface area contributed by atoms with Gasteiger partial charge in [0.05, 0.1) is 9.88 Å². The van der Waals surface area contributed by atoms with Gasteiger partial charge in [0.2, 0.25) is 5.78 Å². The third-order valence-electron chi connectivity index (χ3n) is 1.70. The van der Waals surface area contributed by atoms with Crippen molar-refractivity contribution in [1.29, 1.82) is 0 Å². The molecule has 0 aliphatic heterocycles. The second kappa shape index (κ2) is 3.92. The van der Waals surface area contributed by atoms with Gasteiger partial charge in [-0.25, -0.2) is 4.98 Å². The Morgan fingerprint density at radius 3 is 2.79 bits per heavy atom. The summed E-state index contributed by atoms with van der Waals surface area (Å²) in [6.45, 7) is 1.89. The first-order valence-corrected chi connectivity index (χ1v) is 6.42. The van der Waals surface area contributed by atoms with Gasteiger partial charge in [0.25, 0.3) is 0 Å². The number of ketones is 1. The van der Waals surface area contributed by atoms with Gasteiger partial charge in [-0.05, 0) is 22.9 Å². The Morgan fingerprint density at radius 1 is 1.50 bits per heavy atom. The first kappa shape index (κ1) is 10.0. The maximum Gasteiger partial charge on any atom is 0.206 e. The van der Waals surface area contributed by atoms with Crippen LogP contribution in [0.1, 0.15) is 20.2 Å². The summed E-state index contributed by atoms with van der Waals surface area (Å²) in [4.78, 5) is 16.6. The van der Waals surface area contributed by atoms with Gasteiger partial charge in [0.1, 0.15) is 0 Å². The average molecular weight is 288 g/mol. The smallest absolute Gasteiger partial charge is 0.206 e. The molecule has 0 amide bonds. The normalized spacial score (nSPS) is 10.4. The molecule has 5 heteroatoms. The van der Waals surface area contributed by atoms with E-state index in [0.29, 0.717) is 4.88 Å². The predicted molar refractivity (Wildman–Crippen MR) is 62.3 cm³/mol. The van der Waals surface area contributed by atoms with Crippen molar-refractivity contribution in [1.82, 2.24) is 4.98 Å². The molecule has 0 fully saturated rings. The highest BCUT2D eigenvalue weighted by atomic mass is 79.9. The molecule has 2 aromatic heterocycles. The van der Waals surface area contributed by atoms with E-state index in [1.165, 1.54) is 22.7 Å². The van der Waals surface area contributed by atoms with Crippen LogP contribution in [-0.2, 0) is 0 Å². The molecule has 0 aliphatic carbocycles. The summed E-state index contributed by atoms with van der Waals surface area (Å²) in [5, 5.41) is 4.67. The average Bonchev–Trinajstić information content (AvgIpc) is 2.73. The summed E-state index contributed by atoms with van der Waals surface area (Å²) in [6, 6.07) is 0. The number of carbonyl (C=O) groups is 1. The lowest BCUT2D eigenvalue weighted by atomic mass is 10.2. The fourth-order valence-electron chi connectivity index (χ4n) is 1.04. The fraction of sp³-hybridized carbons (Fsp3) is 0.111. The van der Waals surface area contributed by atoms with Crippen molar-refractivity contribution in [2.75, 3.05) is 0 Å². The van der Waals surface area contributed by atoms with Gasteiger partial charge in [-0.1, -0.05) is 0 Å². The van der Waals surface area contributed by atoms with Gasteiger partial charge in [0, 0.05) is 27.0 Å². The summed E-state index contributed by atoms with van der Waals surface area (Å²) in [5.74, 6) is 0.0451. The van der Waals surface area contributed by atoms with E-state index in [1.807, 2.05) is 17.7 Å². The highest BCUT2D eigenvalue weighted by molar-refractivity contribution is 9.10. The number of nitrogens with zero attached hydrogens (tertiary/aromatic N) is 1. The largest absolute Gasteiger partial charge is 0.288 e. The maximum atomic E-state index is 11.9. The summed E-state index contributed by atoms with van der Waals surface area (Å²) < 4.78 is 0.860. The Morgan fingerprint density at radius 2 is 2.29 bits per heavy atom. The molecule has 2 nitrogen and oxygen atoms in total. The third kappa shape index (κ3) is 1.80. The Kier molecular flexibility index (Phi) is 2.80. The quantitative estimate of drug-likeness (QED) is 0.792. The van der Waals surface area contributed by atoms with Crippen LogP contribution in [0.4, 0.5) is 0 Å². The zero-order valence-corrected chi connectivity index (χ0v) is 10.5. The minimum absolute atomic E-state index is 0.0451. The van der Waals surface area contributed by atoms with Gasteiger partial charge in [0.15, 0.2) is 0 Å². The molecule has 0 bridgehead atoms. The molecule has 0 N–H and O–H groups in total. The highest BCUT2D eigenvalue weighted by Gasteiger charge is 2.15. The molecule has 2 aromatic rings. The highest BCUT2D eigenvalue weighted by Crippen LogP contribution is 2.25. The molecule has 14 heavy (non-hydrogen) atoms. The second-order valence-corrected chi connectivity index (χ2v) is 5.54. The van der Waals surface area contributed by atoms with Crippen LogP contribution in [0.15, 0.2) is 21.4 Å². The molecule has 0 aliphatic rings. The van der Waals surface area contributed by atoms with Crippen LogP contribution in [0.5, 0.6) is 0 Å². The van der Waals surface area contributed by atoms with Crippen molar-refractivity contribution in [3.63, 3.8) is 0 Å². The third-order valence-corrected chi connectivity index (χ3v) is 4.32. The van der Waals surface area contributed by atoms with E-state index in [4.69, 9.17) is 0 Å². The number of thiazole rings is 1. The SMILES string of the molecule is Cc1ncc(C(=O)c2cscc2Br)s1. The minimum Gasteiger partial charge on any atom is -0.288 e. The molecule has 0 spiro atoms. The molecule has 2 heterocycles. The Balaban J connectivity index is 2.38. The van der Waals surface area contributed by atoms with E-state index in [-0.39, 0.29) is 5.78 Å². The Labute approximate surface area is 97.7 Å². The van der Waals surface area contributed by atoms with Gasteiger partial charge >= 0.3 is 0 Å². The molecular weight excluding hydrogens is 282 g/mol. The van der Waals surface area contributed by atoms with Crippen LogP contribution in [0.2, 0.25) is 0 Å². The van der Waals surface area contributed by atoms with Crippen molar-refractivity contribution in [2.45, 2.75) is 6.92 Å². The number of aryl methyl sites for hydroxylation is 1. The first-order valence-electron chi connectivity index (χ1n) is 3.87. The molecular formula is C9H6BrNOS2. The number of halogens is 1. The van der Waals surface area contributed by atoms with Gasteiger partial charge < -0.3 is 0 Å². The lowest BCUT2D eigenvalue weighted by Crippen LogP contribution is -1.96. The van der Waals surface area contributed by atoms with Crippen molar-refractivity contribution < 1.29 is 4.79 Å². The molecule has 0 radical (unpaired) electrons. The monoisotopic (exact) mass is 287 g/mol. The van der Waals surface area contributed by atoms with Gasteiger partial charge in [-0.3, -0.25) is 4.79 Å². The van der Waals surface area contributed by atoms with Crippen LogP contribution in [0.3, 0.4) is 0 Å². The molecule has 0 unspecified atom stereocenters. The summed E-state index contributed by atoms with van der Waals surface area (Å²) >= 11 is 6.28. The molecule has 72 valence electrons. The number of carbonyl (C=O) groups excluding carboxylic acids is 1. The lowest BCUT2D eigenvalue weighted by Gasteiger charge is -1.93. The molecule has 2 rings (SSSR count). The summed E-state index contributed by atoms with van der Waals surface area (Å²) in [5.41, 5.74) is 0.721. The van der Waals surface area contributed by atoms with E-state index in [2.05, 4.69) is 20.9 Å². The fourth-order valence-corrected chi connectivity index (χ4v) is 3.23. The molecule has 0 saturated heterocycles. The van der Waals surface area contributed by atoms with Crippen molar-refractivity contribution in [3.8, 4) is 0 Å². The number of thiophene rings is 1. The minimum atomic E-state index is 0.0451. The number of hydrogen-bond acceptors (Lipinski definition) is 4. The lowest BCUT2D eigenvalue weighted by molar-refractivity contribution is 0.104. The second-order valence-electron chi connectivity index (χ2n) is 2.71. The van der Waals surface area contributed by atoms with E-state index >= 15 is 0 Å².